The van der Waals surface area contributed by atoms with Gasteiger partial charge in [0.05, 0.1) is 23.3 Å². The monoisotopic (exact) mass is 622 g/mol. The van der Waals surface area contributed by atoms with E-state index in [4.69, 9.17) is 27.9 Å². The minimum absolute atomic E-state index is 0.572. The van der Waals surface area contributed by atoms with Crippen molar-refractivity contribution in [2.75, 3.05) is 39.4 Å². The summed E-state index contributed by atoms with van der Waals surface area (Å²) in [5, 5.41) is 1.52. The molecule has 2 unspecified atom stereocenters. The number of morpholine rings is 1. The minimum Gasteiger partial charge on any atom is -0.379 e. The van der Waals surface area contributed by atoms with Crippen LogP contribution in [0.1, 0.15) is 41.5 Å². The SMILES string of the molecule is Clc1c(-c2ccc3c(c2)CC(N2CCCCC2)C3)cccc1-c1cccc(-c2ccc3c(c2)CC(N2CCOCC2)C3)c1Cl. The first-order valence-corrected chi connectivity index (χ1v) is 17.3. The normalized spacial score (nSPS) is 22.2. The van der Waals surface area contributed by atoms with Crippen molar-refractivity contribution < 1.29 is 4.74 Å². The molecule has 226 valence electrons. The summed E-state index contributed by atoms with van der Waals surface area (Å²) >= 11 is 14.5. The van der Waals surface area contributed by atoms with Crippen LogP contribution in [0.3, 0.4) is 0 Å². The smallest absolute Gasteiger partial charge is 0.0594 e. The van der Waals surface area contributed by atoms with Crippen LogP contribution in [0, 0.1) is 0 Å². The molecule has 4 aromatic carbocycles. The predicted molar refractivity (Wildman–Crippen MR) is 183 cm³/mol. The molecule has 0 aromatic heterocycles. The first kappa shape index (κ1) is 28.8. The van der Waals surface area contributed by atoms with E-state index in [1.807, 2.05) is 0 Å². The lowest BCUT2D eigenvalue weighted by Gasteiger charge is -2.32. The van der Waals surface area contributed by atoms with Gasteiger partial charge in [-0.25, -0.2) is 0 Å². The van der Waals surface area contributed by atoms with Gasteiger partial charge in [-0.05, 0) is 85.0 Å². The molecule has 0 spiro atoms. The van der Waals surface area contributed by atoms with E-state index in [0.717, 1.165) is 77.9 Å². The van der Waals surface area contributed by atoms with Gasteiger partial charge < -0.3 is 4.74 Å². The van der Waals surface area contributed by atoms with Gasteiger partial charge in [-0.2, -0.15) is 0 Å². The predicted octanol–water partition coefficient (Wildman–Crippen LogP) is 8.75. The van der Waals surface area contributed by atoms with Gasteiger partial charge in [-0.3, -0.25) is 9.80 Å². The molecule has 2 aliphatic carbocycles. The summed E-state index contributed by atoms with van der Waals surface area (Å²) in [5.41, 5.74) is 12.3. The van der Waals surface area contributed by atoms with Crippen LogP contribution < -0.4 is 0 Å². The van der Waals surface area contributed by atoms with Gasteiger partial charge >= 0.3 is 0 Å². The molecule has 0 bridgehead atoms. The zero-order valence-electron chi connectivity index (χ0n) is 25.3. The highest BCUT2D eigenvalue weighted by Crippen LogP contribution is 2.43. The van der Waals surface area contributed by atoms with Crippen LogP contribution in [-0.2, 0) is 30.4 Å². The van der Waals surface area contributed by atoms with E-state index in [1.165, 1.54) is 72.2 Å². The Hall–Kier alpha value is -2.66. The number of halogens is 2. The molecular formula is C39H40Cl2N2O. The highest BCUT2D eigenvalue weighted by atomic mass is 35.5. The third kappa shape index (κ3) is 5.42. The van der Waals surface area contributed by atoms with E-state index in [2.05, 4.69) is 82.6 Å². The van der Waals surface area contributed by atoms with Gasteiger partial charge in [-0.1, -0.05) is 102 Å². The summed E-state index contributed by atoms with van der Waals surface area (Å²) in [5.74, 6) is 0. The number of rotatable bonds is 5. The molecule has 2 fully saturated rings. The van der Waals surface area contributed by atoms with Gasteiger partial charge in [0.2, 0.25) is 0 Å². The largest absolute Gasteiger partial charge is 0.379 e. The van der Waals surface area contributed by atoms with E-state index >= 15 is 0 Å². The minimum atomic E-state index is 0.572. The Morgan fingerprint density at radius 3 is 1.48 bits per heavy atom. The first-order chi connectivity index (χ1) is 21.6. The van der Waals surface area contributed by atoms with Crippen molar-refractivity contribution in [1.82, 2.24) is 9.80 Å². The number of hydrogen-bond acceptors (Lipinski definition) is 3. The topological polar surface area (TPSA) is 15.7 Å². The van der Waals surface area contributed by atoms with Crippen molar-refractivity contribution in [2.45, 2.75) is 57.0 Å². The van der Waals surface area contributed by atoms with E-state index in [9.17, 15) is 0 Å². The molecule has 2 atom stereocenters. The van der Waals surface area contributed by atoms with Crippen LogP contribution in [0.2, 0.25) is 10.0 Å². The quantitative estimate of drug-likeness (QED) is 0.221. The van der Waals surface area contributed by atoms with E-state index in [0.29, 0.717) is 12.1 Å². The summed E-state index contributed by atoms with van der Waals surface area (Å²) in [6, 6.07) is 27.8. The van der Waals surface area contributed by atoms with Crippen molar-refractivity contribution in [3.63, 3.8) is 0 Å². The first-order valence-electron chi connectivity index (χ1n) is 16.5. The molecule has 44 heavy (non-hydrogen) atoms. The number of ether oxygens (including phenoxy) is 1. The van der Waals surface area contributed by atoms with Gasteiger partial charge in [0.15, 0.2) is 0 Å². The van der Waals surface area contributed by atoms with Gasteiger partial charge in [-0.15, -0.1) is 0 Å². The average molecular weight is 624 g/mol. The lowest BCUT2D eigenvalue weighted by Crippen LogP contribution is -2.43. The maximum absolute atomic E-state index is 7.24. The molecule has 2 saturated heterocycles. The number of nitrogens with zero attached hydrogens (tertiary/aromatic N) is 2. The highest BCUT2D eigenvalue weighted by molar-refractivity contribution is 6.39. The van der Waals surface area contributed by atoms with Gasteiger partial charge in [0.25, 0.3) is 0 Å². The molecule has 0 radical (unpaired) electrons. The van der Waals surface area contributed by atoms with Crippen molar-refractivity contribution >= 4 is 23.2 Å². The van der Waals surface area contributed by atoms with Crippen LogP contribution in [0.4, 0.5) is 0 Å². The summed E-state index contributed by atoms with van der Waals surface area (Å²) in [6.45, 7) is 6.25. The number of fused-ring (bicyclic) bond motifs is 2. The van der Waals surface area contributed by atoms with E-state index in [1.54, 1.807) is 0 Å². The Kier molecular flexibility index (Phi) is 8.03. The van der Waals surface area contributed by atoms with Crippen LogP contribution in [0.5, 0.6) is 0 Å². The molecule has 0 N–H and O–H groups in total. The molecule has 4 aromatic rings. The van der Waals surface area contributed by atoms with E-state index < -0.39 is 0 Å². The molecule has 2 heterocycles. The van der Waals surface area contributed by atoms with E-state index in [-0.39, 0.29) is 0 Å². The molecule has 8 rings (SSSR count). The van der Waals surface area contributed by atoms with Crippen LogP contribution in [0.25, 0.3) is 33.4 Å². The van der Waals surface area contributed by atoms with Crippen molar-refractivity contribution in [3.05, 3.63) is 105 Å². The molecular weight excluding hydrogens is 583 g/mol. The Labute approximate surface area is 271 Å². The second kappa shape index (κ2) is 12.3. The summed E-state index contributed by atoms with van der Waals surface area (Å²) < 4.78 is 5.59. The summed E-state index contributed by atoms with van der Waals surface area (Å²) in [7, 11) is 0. The second-order valence-corrected chi connectivity index (χ2v) is 13.9. The molecule has 0 saturated carbocycles. The van der Waals surface area contributed by atoms with Gasteiger partial charge in [0, 0.05) is 47.4 Å². The van der Waals surface area contributed by atoms with Crippen molar-refractivity contribution in [3.8, 4) is 33.4 Å². The van der Waals surface area contributed by atoms with Crippen LogP contribution >= 0.6 is 23.2 Å². The zero-order chi connectivity index (χ0) is 29.6. The van der Waals surface area contributed by atoms with Gasteiger partial charge in [0.1, 0.15) is 0 Å². The number of likely N-dealkylation sites (tertiary alicyclic amines) is 1. The molecule has 0 amide bonds. The Morgan fingerprint density at radius 1 is 0.500 bits per heavy atom. The summed E-state index contributed by atoms with van der Waals surface area (Å²) in [4.78, 5) is 5.31. The van der Waals surface area contributed by atoms with Crippen molar-refractivity contribution in [2.24, 2.45) is 0 Å². The third-order valence-corrected chi connectivity index (χ3v) is 11.4. The fourth-order valence-corrected chi connectivity index (χ4v) is 8.87. The molecule has 2 aliphatic heterocycles. The zero-order valence-corrected chi connectivity index (χ0v) is 26.8. The lowest BCUT2D eigenvalue weighted by molar-refractivity contribution is 0.0187. The second-order valence-electron chi connectivity index (χ2n) is 13.2. The number of piperidine rings is 1. The standard InChI is InChI=1S/C39H40Cl2N2O/c40-38-34(28-12-10-26-22-32(24-30(26)20-28)42-14-2-1-3-15-42)6-4-8-36(38)37-9-5-7-35(39(37)41)29-13-11-27-23-33(25-31(27)21-29)43-16-18-44-19-17-43/h4-13,20-21,32-33H,1-3,14-19,22-25H2. The number of benzene rings is 4. The fraction of sp³-hybridized carbons (Fsp3) is 0.385. The molecule has 5 heteroatoms. The maximum Gasteiger partial charge on any atom is 0.0594 e. The van der Waals surface area contributed by atoms with Crippen LogP contribution in [0.15, 0.2) is 72.8 Å². The average Bonchev–Trinajstić information content (AvgIpc) is 3.70. The fourth-order valence-electron chi connectivity index (χ4n) is 8.19. The maximum atomic E-state index is 7.24. The van der Waals surface area contributed by atoms with Crippen LogP contribution in [-0.4, -0.2) is 61.3 Å². The number of hydrogen-bond donors (Lipinski definition) is 0. The molecule has 4 aliphatic rings. The highest BCUT2D eigenvalue weighted by Gasteiger charge is 2.30. The Balaban J connectivity index is 1.06. The Bertz CT molecular complexity index is 1560. The third-order valence-electron chi connectivity index (χ3n) is 10.6. The molecule has 3 nitrogen and oxygen atoms in total. The summed E-state index contributed by atoms with van der Waals surface area (Å²) in [6.07, 6.45) is 8.58. The van der Waals surface area contributed by atoms with Crippen molar-refractivity contribution in [1.29, 1.82) is 0 Å². The lowest BCUT2D eigenvalue weighted by atomic mass is 9.94. The Morgan fingerprint density at radius 2 is 0.955 bits per heavy atom.